The molecule has 3 rings (SSSR count). The fraction of sp³-hybridized carbons (Fsp3) is 0.294. The summed E-state index contributed by atoms with van der Waals surface area (Å²) in [7, 11) is 1.81. The Bertz CT molecular complexity index is 811. The van der Waals surface area contributed by atoms with Gasteiger partial charge in [0, 0.05) is 19.8 Å². The van der Waals surface area contributed by atoms with Crippen LogP contribution in [0.1, 0.15) is 17.9 Å². The van der Waals surface area contributed by atoms with E-state index >= 15 is 0 Å². The van der Waals surface area contributed by atoms with E-state index in [1.165, 1.54) is 5.56 Å². The van der Waals surface area contributed by atoms with Gasteiger partial charge in [-0.2, -0.15) is 10.1 Å². The minimum absolute atomic E-state index is 0.178. The molecule has 2 amide bonds. The number of nitrogens with one attached hydrogen (secondary N) is 2. The Morgan fingerprint density at radius 2 is 2.08 bits per heavy atom. The summed E-state index contributed by atoms with van der Waals surface area (Å²) < 4.78 is 6.78. The summed E-state index contributed by atoms with van der Waals surface area (Å²) in [6.45, 7) is 0.781. The Balaban J connectivity index is 1.37. The molecule has 0 radical (unpaired) electrons. The molecule has 25 heavy (non-hydrogen) atoms. The summed E-state index contributed by atoms with van der Waals surface area (Å²) in [5, 5.41) is 13.4. The molecule has 0 atom stereocenters. The van der Waals surface area contributed by atoms with Crippen LogP contribution >= 0.6 is 0 Å². The van der Waals surface area contributed by atoms with Crippen molar-refractivity contribution in [2.24, 2.45) is 7.05 Å². The van der Waals surface area contributed by atoms with Gasteiger partial charge in [0.2, 0.25) is 11.7 Å². The number of amides is 2. The van der Waals surface area contributed by atoms with Crippen LogP contribution in [0.25, 0.3) is 11.4 Å². The van der Waals surface area contributed by atoms with E-state index in [1.54, 1.807) is 17.1 Å². The van der Waals surface area contributed by atoms with Crippen LogP contribution in [0.4, 0.5) is 4.79 Å². The SMILES string of the molecule is Cn1cc(-c2noc(CNC(=O)NCCCc3ccccc3)n2)cn1. The average molecular weight is 340 g/mol. The number of urea groups is 1. The van der Waals surface area contributed by atoms with Gasteiger partial charge in [-0.3, -0.25) is 4.68 Å². The standard InChI is InChI=1S/C17H20N6O2/c1-23-12-14(10-20-23)16-21-15(25-22-16)11-19-17(24)18-9-5-8-13-6-3-2-4-7-13/h2-4,6-7,10,12H,5,8-9,11H2,1H3,(H2,18,19,24). The number of hydrogen-bond acceptors (Lipinski definition) is 5. The maximum Gasteiger partial charge on any atom is 0.315 e. The molecule has 0 aliphatic heterocycles. The van der Waals surface area contributed by atoms with E-state index in [0.717, 1.165) is 18.4 Å². The zero-order valence-corrected chi connectivity index (χ0v) is 14.0. The molecule has 130 valence electrons. The number of rotatable bonds is 7. The molecule has 8 heteroatoms. The van der Waals surface area contributed by atoms with E-state index in [1.807, 2.05) is 25.2 Å². The molecule has 0 bridgehead atoms. The van der Waals surface area contributed by atoms with Crippen LogP contribution in [0.5, 0.6) is 0 Å². The van der Waals surface area contributed by atoms with Crippen molar-refractivity contribution < 1.29 is 9.32 Å². The Labute approximate surface area is 145 Å². The lowest BCUT2D eigenvalue weighted by Crippen LogP contribution is -2.35. The number of aromatic nitrogens is 4. The van der Waals surface area contributed by atoms with Crippen molar-refractivity contribution in [1.29, 1.82) is 0 Å². The molecule has 8 nitrogen and oxygen atoms in total. The second-order valence-electron chi connectivity index (χ2n) is 5.61. The third kappa shape index (κ3) is 4.90. The van der Waals surface area contributed by atoms with Gasteiger partial charge >= 0.3 is 6.03 Å². The predicted octanol–water partition coefficient (Wildman–Crippen LogP) is 1.90. The molecule has 0 spiro atoms. The third-order valence-corrected chi connectivity index (χ3v) is 3.60. The van der Waals surface area contributed by atoms with Crippen molar-refractivity contribution in [1.82, 2.24) is 30.6 Å². The van der Waals surface area contributed by atoms with Crippen LogP contribution in [-0.2, 0) is 20.0 Å². The second kappa shape index (κ2) is 8.09. The van der Waals surface area contributed by atoms with Crippen molar-refractivity contribution in [2.45, 2.75) is 19.4 Å². The highest BCUT2D eigenvalue weighted by molar-refractivity contribution is 5.73. The topological polar surface area (TPSA) is 97.9 Å². The summed E-state index contributed by atoms with van der Waals surface area (Å²) in [6, 6.07) is 9.92. The second-order valence-corrected chi connectivity index (χ2v) is 5.61. The summed E-state index contributed by atoms with van der Waals surface area (Å²) in [5.41, 5.74) is 2.03. The number of benzene rings is 1. The van der Waals surface area contributed by atoms with E-state index in [0.29, 0.717) is 18.3 Å². The van der Waals surface area contributed by atoms with E-state index in [2.05, 4.69) is 38.0 Å². The Morgan fingerprint density at radius 1 is 1.24 bits per heavy atom. The highest BCUT2D eigenvalue weighted by Gasteiger charge is 2.11. The van der Waals surface area contributed by atoms with Crippen LogP contribution in [0.3, 0.4) is 0 Å². The predicted molar refractivity (Wildman–Crippen MR) is 91.5 cm³/mol. The highest BCUT2D eigenvalue weighted by atomic mass is 16.5. The van der Waals surface area contributed by atoms with E-state index in [4.69, 9.17) is 4.52 Å². The quantitative estimate of drug-likeness (QED) is 0.640. The largest absolute Gasteiger partial charge is 0.338 e. The first kappa shape index (κ1) is 16.7. The van der Waals surface area contributed by atoms with Gasteiger partial charge in [0.05, 0.1) is 18.3 Å². The van der Waals surface area contributed by atoms with Crippen molar-refractivity contribution in [3.63, 3.8) is 0 Å². The van der Waals surface area contributed by atoms with Gasteiger partial charge < -0.3 is 15.2 Å². The van der Waals surface area contributed by atoms with Gasteiger partial charge in [0.15, 0.2) is 0 Å². The molecule has 0 aliphatic carbocycles. The molecule has 0 unspecified atom stereocenters. The minimum atomic E-state index is -0.255. The molecule has 0 fully saturated rings. The lowest BCUT2D eigenvalue weighted by molar-refractivity contribution is 0.238. The fourth-order valence-corrected chi connectivity index (χ4v) is 2.34. The van der Waals surface area contributed by atoms with Crippen LogP contribution in [-0.4, -0.2) is 32.5 Å². The molecular formula is C17H20N6O2. The molecule has 0 saturated heterocycles. The Hall–Kier alpha value is -3.16. The van der Waals surface area contributed by atoms with E-state index in [9.17, 15) is 4.79 Å². The molecule has 1 aromatic carbocycles. The summed E-state index contributed by atoms with van der Waals surface area (Å²) in [6.07, 6.45) is 5.26. The summed E-state index contributed by atoms with van der Waals surface area (Å²) in [5.74, 6) is 0.798. The van der Waals surface area contributed by atoms with Crippen LogP contribution in [0, 0.1) is 0 Å². The molecule has 0 aliphatic rings. The van der Waals surface area contributed by atoms with Crippen LogP contribution < -0.4 is 10.6 Å². The first-order chi connectivity index (χ1) is 12.2. The van der Waals surface area contributed by atoms with E-state index < -0.39 is 0 Å². The average Bonchev–Trinajstić information content (AvgIpc) is 3.26. The van der Waals surface area contributed by atoms with Gasteiger partial charge in [0.1, 0.15) is 0 Å². The lowest BCUT2D eigenvalue weighted by Gasteiger charge is -2.05. The highest BCUT2D eigenvalue weighted by Crippen LogP contribution is 2.13. The zero-order chi connectivity index (χ0) is 17.5. The molecule has 0 saturated carbocycles. The van der Waals surface area contributed by atoms with Gasteiger partial charge in [-0.05, 0) is 18.4 Å². The van der Waals surface area contributed by atoms with Crippen LogP contribution in [0.2, 0.25) is 0 Å². The molecule has 2 heterocycles. The normalized spacial score (nSPS) is 10.6. The molecule has 2 aromatic heterocycles. The molecule has 3 aromatic rings. The van der Waals surface area contributed by atoms with Gasteiger partial charge in [-0.15, -0.1) is 0 Å². The number of carbonyl (C=O) groups excluding carboxylic acids is 1. The summed E-state index contributed by atoms with van der Waals surface area (Å²) in [4.78, 5) is 16.0. The fourth-order valence-electron chi connectivity index (χ4n) is 2.34. The van der Waals surface area contributed by atoms with Gasteiger partial charge in [-0.25, -0.2) is 4.79 Å². The maximum absolute atomic E-state index is 11.8. The summed E-state index contributed by atoms with van der Waals surface area (Å²) >= 11 is 0. The van der Waals surface area contributed by atoms with Crippen molar-refractivity contribution in [2.75, 3.05) is 6.54 Å². The van der Waals surface area contributed by atoms with Gasteiger partial charge in [0.25, 0.3) is 0 Å². The zero-order valence-electron chi connectivity index (χ0n) is 14.0. The molecular weight excluding hydrogens is 320 g/mol. The Morgan fingerprint density at radius 3 is 2.84 bits per heavy atom. The third-order valence-electron chi connectivity index (χ3n) is 3.60. The Kier molecular flexibility index (Phi) is 5.40. The van der Waals surface area contributed by atoms with Crippen molar-refractivity contribution >= 4 is 6.03 Å². The van der Waals surface area contributed by atoms with Crippen molar-refractivity contribution in [3.05, 3.63) is 54.2 Å². The first-order valence-electron chi connectivity index (χ1n) is 8.08. The van der Waals surface area contributed by atoms with Crippen molar-refractivity contribution in [3.8, 4) is 11.4 Å². The number of hydrogen-bond donors (Lipinski definition) is 2. The van der Waals surface area contributed by atoms with Gasteiger partial charge in [-0.1, -0.05) is 35.5 Å². The minimum Gasteiger partial charge on any atom is -0.338 e. The smallest absolute Gasteiger partial charge is 0.315 e. The monoisotopic (exact) mass is 340 g/mol. The number of nitrogens with zero attached hydrogens (tertiary/aromatic N) is 4. The van der Waals surface area contributed by atoms with Crippen LogP contribution in [0.15, 0.2) is 47.2 Å². The maximum atomic E-state index is 11.8. The van der Waals surface area contributed by atoms with E-state index in [-0.39, 0.29) is 12.6 Å². The molecule has 2 N–H and O–H groups in total. The number of aryl methyl sites for hydroxylation is 2. The number of carbonyl (C=O) groups is 1. The first-order valence-corrected chi connectivity index (χ1v) is 8.08. The lowest BCUT2D eigenvalue weighted by atomic mass is 10.1.